The van der Waals surface area contributed by atoms with Crippen molar-refractivity contribution in [2.45, 2.75) is 76.2 Å². The highest BCUT2D eigenvalue weighted by atomic mass is 15.2. The van der Waals surface area contributed by atoms with E-state index in [0.29, 0.717) is 12.0 Å². The maximum absolute atomic E-state index is 5.14. The molecule has 0 radical (unpaired) electrons. The van der Waals surface area contributed by atoms with E-state index in [0.717, 1.165) is 19.0 Å². The molecule has 0 bridgehead atoms. The second kappa shape index (κ2) is 9.18. The van der Waals surface area contributed by atoms with Crippen LogP contribution in [0.4, 0.5) is 0 Å². The van der Waals surface area contributed by atoms with Crippen molar-refractivity contribution in [1.29, 1.82) is 0 Å². The van der Waals surface area contributed by atoms with Crippen LogP contribution < -0.4 is 5.32 Å². The summed E-state index contributed by atoms with van der Waals surface area (Å²) < 4.78 is 2.65. The van der Waals surface area contributed by atoms with Crippen molar-refractivity contribution < 1.29 is 0 Å². The van der Waals surface area contributed by atoms with E-state index in [2.05, 4.69) is 39.0 Å². The summed E-state index contributed by atoms with van der Waals surface area (Å²) in [5.74, 6) is 2.87. The highest BCUT2D eigenvalue weighted by molar-refractivity contribution is 5.76. The van der Waals surface area contributed by atoms with Crippen LogP contribution >= 0.6 is 0 Å². The molecule has 1 N–H and O–H groups in total. The SMILES string of the molecule is c1ccc2c(c1)nc(C1CCCNC1)n2C1CCN(CC2CCCCCC2)CC1. The minimum absolute atomic E-state index is 0.570. The van der Waals surface area contributed by atoms with Crippen molar-refractivity contribution in [1.82, 2.24) is 19.8 Å². The number of para-hydroxylation sites is 2. The van der Waals surface area contributed by atoms with Crippen LogP contribution in [0.1, 0.15) is 82.0 Å². The summed E-state index contributed by atoms with van der Waals surface area (Å²) in [7, 11) is 0. The fraction of sp³-hybridized carbons (Fsp3) is 0.720. The van der Waals surface area contributed by atoms with Crippen LogP contribution in [0.3, 0.4) is 0 Å². The zero-order chi connectivity index (χ0) is 19.5. The lowest BCUT2D eigenvalue weighted by Crippen LogP contribution is -2.38. The maximum Gasteiger partial charge on any atom is 0.114 e. The normalized spacial score (nSPS) is 26.0. The lowest BCUT2D eigenvalue weighted by Gasteiger charge is -2.36. The minimum atomic E-state index is 0.570. The third-order valence-corrected chi connectivity index (χ3v) is 7.70. The summed E-state index contributed by atoms with van der Waals surface area (Å²) in [4.78, 5) is 7.92. The average molecular weight is 395 g/mol. The molecule has 4 nitrogen and oxygen atoms in total. The molecule has 158 valence electrons. The molecule has 0 spiro atoms. The molecule has 1 unspecified atom stereocenters. The van der Waals surface area contributed by atoms with Crippen LogP contribution in [0.2, 0.25) is 0 Å². The maximum atomic E-state index is 5.14. The number of rotatable bonds is 4. The third kappa shape index (κ3) is 4.39. The molecule has 1 saturated carbocycles. The van der Waals surface area contributed by atoms with Crippen molar-refractivity contribution in [3.8, 4) is 0 Å². The van der Waals surface area contributed by atoms with Crippen LogP contribution in [-0.2, 0) is 0 Å². The molecule has 2 aromatic rings. The molecule has 3 heterocycles. The number of fused-ring (bicyclic) bond motifs is 1. The number of likely N-dealkylation sites (tertiary alicyclic amines) is 1. The highest BCUT2D eigenvalue weighted by Gasteiger charge is 2.29. The lowest BCUT2D eigenvalue weighted by atomic mass is 9.96. The van der Waals surface area contributed by atoms with Gasteiger partial charge in [0.25, 0.3) is 0 Å². The smallest absolute Gasteiger partial charge is 0.114 e. The molecule has 2 aliphatic heterocycles. The minimum Gasteiger partial charge on any atom is -0.324 e. The predicted octanol–water partition coefficient (Wildman–Crippen LogP) is 5.11. The summed E-state index contributed by atoms with van der Waals surface area (Å²) in [6, 6.07) is 9.43. The first-order chi connectivity index (χ1) is 14.4. The fourth-order valence-corrected chi connectivity index (χ4v) is 6.08. The van der Waals surface area contributed by atoms with Gasteiger partial charge >= 0.3 is 0 Å². The fourth-order valence-electron chi connectivity index (χ4n) is 6.08. The predicted molar refractivity (Wildman–Crippen MR) is 120 cm³/mol. The van der Waals surface area contributed by atoms with Gasteiger partial charge in [0.05, 0.1) is 11.0 Å². The van der Waals surface area contributed by atoms with E-state index in [1.165, 1.54) is 101 Å². The third-order valence-electron chi connectivity index (χ3n) is 7.70. The Morgan fingerprint density at radius 2 is 1.69 bits per heavy atom. The van der Waals surface area contributed by atoms with Gasteiger partial charge in [-0.3, -0.25) is 0 Å². The van der Waals surface area contributed by atoms with Crippen molar-refractivity contribution in [2.24, 2.45) is 5.92 Å². The molecule has 3 aliphatic rings. The largest absolute Gasteiger partial charge is 0.324 e. The van der Waals surface area contributed by atoms with E-state index in [-0.39, 0.29) is 0 Å². The molecule has 2 saturated heterocycles. The van der Waals surface area contributed by atoms with Gasteiger partial charge < -0.3 is 14.8 Å². The van der Waals surface area contributed by atoms with E-state index in [1.54, 1.807) is 0 Å². The van der Waals surface area contributed by atoms with Crippen LogP contribution in [0.5, 0.6) is 0 Å². The monoisotopic (exact) mass is 394 g/mol. The number of imidazole rings is 1. The van der Waals surface area contributed by atoms with E-state index in [1.807, 2.05) is 0 Å². The molecule has 1 aromatic heterocycles. The van der Waals surface area contributed by atoms with Crippen molar-refractivity contribution >= 4 is 11.0 Å². The van der Waals surface area contributed by atoms with Gasteiger partial charge in [-0.25, -0.2) is 4.98 Å². The van der Waals surface area contributed by atoms with Gasteiger partial charge in [-0.1, -0.05) is 37.8 Å². The highest BCUT2D eigenvalue weighted by Crippen LogP contribution is 2.34. The molecular weight excluding hydrogens is 356 g/mol. The summed E-state index contributed by atoms with van der Waals surface area (Å²) >= 11 is 0. The van der Waals surface area contributed by atoms with Gasteiger partial charge in [-0.15, -0.1) is 0 Å². The van der Waals surface area contributed by atoms with Crippen molar-refractivity contribution in [2.75, 3.05) is 32.7 Å². The first-order valence-corrected chi connectivity index (χ1v) is 12.3. The molecule has 1 aliphatic carbocycles. The lowest BCUT2D eigenvalue weighted by molar-refractivity contribution is 0.156. The van der Waals surface area contributed by atoms with Crippen molar-refractivity contribution in [3.05, 3.63) is 30.1 Å². The number of hydrogen-bond acceptors (Lipinski definition) is 3. The average Bonchev–Trinajstić information content (AvgIpc) is 2.97. The first-order valence-electron chi connectivity index (χ1n) is 12.3. The topological polar surface area (TPSA) is 33.1 Å². The molecule has 29 heavy (non-hydrogen) atoms. The van der Waals surface area contributed by atoms with Crippen LogP contribution in [0, 0.1) is 5.92 Å². The standard InChI is InChI=1S/C25H38N4/c1-2-4-9-20(8-3-1)19-28-16-13-22(14-17-28)29-24-12-6-5-11-23(24)27-25(29)21-10-7-15-26-18-21/h5-6,11-12,20-22,26H,1-4,7-10,13-19H2. The zero-order valence-electron chi connectivity index (χ0n) is 18.0. The first kappa shape index (κ1) is 19.6. The Morgan fingerprint density at radius 3 is 2.45 bits per heavy atom. The number of nitrogens with zero attached hydrogens (tertiary/aromatic N) is 3. The Hall–Kier alpha value is -1.39. The molecule has 1 aromatic carbocycles. The van der Waals surface area contributed by atoms with Gasteiger partial charge in [0.15, 0.2) is 0 Å². The van der Waals surface area contributed by atoms with E-state index >= 15 is 0 Å². The summed E-state index contributed by atoms with van der Waals surface area (Å²) in [6.07, 6.45) is 13.9. The molecule has 1 atom stereocenters. The molecule has 5 rings (SSSR count). The Kier molecular flexibility index (Phi) is 6.19. The van der Waals surface area contributed by atoms with E-state index in [9.17, 15) is 0 Å². The molecule has 4 heteroatoms. The van der Waals surface area contributed by atoms with Gasteiger partial charge in [-0.2, -0.15) is 0 Å². The Labute approximate surface area is 176 Å². The molecular formula is C25H38N4. The number of nitrogens with one attached hydrogen (secondary N) is 1. The zero-order valence-corrected chi connectivity index (χ0v) is 18.0. The Bertz CT molecular complexity index is 775. The number of piperidine rings is 2. The quantitative estimate of drug-likeness (QED) is 0.732. The van der Waals surface area contributed by atoms with Gasteiger partial charge in [0.2, 0.25) is 0 Å². The summed E-state index contributed by atoms with van der Waals surface area (Å²) in [5.41, 5.74) is 2.55. The summed E-state index contributed by atoms with van der Waals surface area (Å²) in [6.45, 7) is 6.11. The molecule has 3 fully saturated rings. The number of hydrogen-bond donors (Lipinski definition) is 1. The van der Waals surface area contributed by atoms with E-state index < -0.39 is 0 Å². The van der Waals surface area contributed by atoms with Crippen LogP contribution in [0.25, 0.3) is 11.0 Å². The van der Waals surface area contributed by atoms with Gasteiger partial charge in [-0.05, 0) is 63.1 Å². The second-order valence-corrected chi connectivity index (χ2v) is 9.76. The Morgan fingerprint density at radius 1 is 0.897 bits per heavy atom. The second-order valence-electron chi connectivity index (χ2n) is 9.76. The molecule has 0 amide bonds. The number of benzene rings is 1. The van der Waals surface area contributed by atoms with E-state index in [4.69, 9.17) is 4.98 Å². The van der Waals surface area contributed by atoms with Crippen LogP contribution in [-0.4, -0.2) is 47.2 Å². The summed E-state index contributed by atoms with van der Waals surface area (Å²) in [5, 5.41) is 3.60. The van der Waals surface area contributed by atoms with Gasteiger partial charge in [0.1, 0.15) is 5.82 Å². The Balaban J connectivity index is 1.31. The van der Waals surface area contributed by atoms with Crippen molar-refractivity contribution in [3.63, 3.8) is 0 Å². The van der Waals surface area contributed by atoms with Gasteiger partial charge in [0, 0.05) is 38.1 Å². The van der Waals surface area contributed by atoms with Crippen LogP contribution in [0.15, 0.2) is 24.3 Å². The number of aromatic nitrogens is 2.